The number of hydrogen-bond acceptors (Lipinski definition) is 3. The van der Waals surface area contributed by atoms with Crippen LogP contribution < -0.4 is 5.32 Å². The van der Waals surface area contributed by atoms with E-state index in [1.165, 1.54) is 0 Å². The lowest BCUT2D eigenvalue weighted by Crippen LogP contribution is -2.34. The first-order chi connectivity index (χ1) is 11.4. The lowest BCUT2D eigenvalue weighted by molar-refractivity contribution is -0.141. The van der Waals surface area contributed by atoms with Crippen LogP contribution in [-0.2, 0) is 6.18 Å². The Morgan fingerprint density at radius 2 is 1.88 bits per heavy atom. The minimum absolute atomic E-state index is 0.00767. The lowest BCUT2D eigenvalue weighted by Gasteiger charge is -2.25. The largest absolute Gasteiger partial charge is 0.435 e. The molecule has 0 spiro atoms. The summed E-state index contributed by atoms with van der Waals surface area (Å²) in [5.41, 5.74) is -0.0625. The third kappa shape index (κ3) is 3.47. The molecule has 1 aromatic carbocycles. The van der Waals surface area contributed by atoms with Gasteiger partial charge >= 0.3 is 12.2 Å². The lowest BCUT2D eigenvalue weighted by atomic mass is 10.1. The molecule has 0 bridgehead atoms. The number of carbonyl (C=O) groups is 1. The van der Waals surface area contributed by atoms with E-state index in [0.717, 1.165) is 30.5 Å². The van der Waals surface area contributed by atoms with Crippen LogP contribution in [0.15, 0.2) is 42.5 Å². The van der Waals surface area contributed by atoms with Gasteiger partial charge in [-0.2, -0.15) is 13.2 Å². The van der Waals surface area contributed by atoms with Crippen molar-refractivity contribution in [1.82, 2.24) is 15.1 Å². The molecule has 126 valence electrons. The van der Waals surface area contributed by atoms with E-state index < -0.39 is 17.9 Å². The van der Waals surface area contributed by atoms with Crippen LogP contribution in [0.5, 0.6) is 0 Å². The first-order valence-corrected chi connectivity index (χ1v) is 7.48. The maximum Gasteiger partial charge on any atom is 0.435 e. The number of nitrogens with one attached hydrogen (secondary N) is 1. The second kappa shape index (κ2) is 6.46. The van der Waals surface area contributed by atoms with Gasteiger partial charge in [-0.15, -0.1) is 10.2 Å². The van der Waals surface area contributed by atoms with E-state index >= 15 is 0 Å². The molecule has 2 aromatic rings. The van der Waals surface area contributed by atoms with Gasteiger partial charge < -0.3 is 4.90 Å². The Morgan fingerprint density at radius 1 is 1.12 bits per heavy atom. The van der Waals surface area contributed by atoms with Crippen molar-refractivity contribution >= 4 is 11.8 Å². The van der Waals surface area contributed by atoms with E-state index in [1.807, 2.05) is 30.3 Å². The van der Waals surface area contributed by atoms with Crippen molar-refractivity contribution < 1.29 is 18.0 Å². The molecule has 1 aliphatic heterocycles. The van der Waals surface area contributed by atoms with E-state index in [2.05, 4.69) is 15.5 Å². The van der Waals surface area contributed by atoms with Crippen molar-refractivity contribution in [3.05, 3.63) is 53.7 Å². The maximum absolute atomic E-state index is 12.5. The molecule has 5 nitrogen and oxygen atoms in total. The fourth-order valence-electron chi connectivity index (χ4n) is 2.76. The zero-order valence-corrected chi connectivity index (χ0v) is 12.6. The normalized spacial score (nSPS) is 17.8. The Labute approximate surface area is 136 Å². The van der Waals surface area contributed by atoms with Crippen LogP contribution in [0.25, 0.3) is 0 Å². The van der Waals surface area contributed by atoms with Crippen molar-refractivity contribution in [2.45, 2.75) is 25.1 Å². The summed E-state index contributed by atoms with van der Waals surface area (Å²) in [6, 6.07) is 11.1. The van der Waals surface area contributed by atoms with E-state index in [4.69, 9.17) is 0 Å². The van der Waals surface area contributed by atoms with E-state index in [9.17, 15) is 18.0 Å². The van der Waals surface area contributed by atoms with Crippen LogP contribution in [0.2, 0.25) is 0 Å². The zero-order valence-electron chi connectivity index (χ0n) is 12.6. The van der Waals surface area contributed by atoms with Gasteiger partial charge in [-0.3, -0.25) is 5.32 Å². The number of hydrogen-bond donors (Lipinski definition) is 1. The van der Waals surface area contributed by atoms with Crippen molar-refractivity contribution in [3.63, 3.8) is 0 Å². The summed E-state index contributed by atoms with van der Waals surface area (Å²) in [5.74, 6) is -0.00767. The monoisotopic (exact) mass is 336 g/mol. The number of anilines is 1. The quantitative estimate of drug-likeness (QED) is 0.906. The van der Waals surface area contributed by atoms with Gasteiger partial charge in [0.05, 0.1) is 6.04 Å². The van der Waals surface area contributed by atoms with Gasteiger partial charge in [-0.25, -0.2) is 4.79 Å². The van der Waals surface area contributed by atoms with Crippen molar-refractivity contribution in [3.8, 4) is 0 Å². The Bertz CT molecular complexity index is 704. The van der Waals surface area contributed by atoms with E-state index in [0.29, 0.717) is 6.54 Å². The van der Waals surface area contributed by atoms with Gasteiger partial charge in [-0.1, -0.05) is 30.3 Å². The second-order valence-corrected chi connectivity index (χ2v) is 5.49. The first kappa shape index (κ1) is 16.2. The van der Waals surface area contributed by atoms with E-state index in [1.54, 1.807) is 4.90 Å². The molecular formula is C16H15F3N4O. The van der Waals surface area contributed by atoms with Crippen LogP contribution in [0, 0.1) is 0 Å². The topological polar surface area (TPSA) is 58.1 Å². The summed E-state index contributed by atoms with van der Waals surface area (Å²) in [5, 5.41) is 9.03. The Morgan fingerprint density at radius 3 is 2.50 bits per heavy atom. The number of urea groups is 1. The van der Waals surface area contributed by atoms with Gasteiger partial charge in [0.15, 0.2) is 11.5 Å². The SMILES string of the molecule is O=C(Nc1ccc(C(F)(F)F)nn1)N1CCCC1c1ccccc1. The fraction of sp³-hybridized carbons (Fsp3) is 0.312. The summed E-state index contributed by atoms with van der Waals surface area (Å²) in [6.07, 6.45) is -2.84. The van der Waals surface area contributed by atoms with Gasteiger partial charge in [0, 0.05) is 6.54 Å². The zero-order chi connectivity index (χ0) is 17.2. The highest BCUT2D eigenvalue weighted by molar-refractivity contribution is 5.88. The van der Waals surface area contributed by atoms with Crippen molar-refractivity contribution in [2.75, 3.05) is 11.9 Å². The Balaban J connectivity index is 1.70. The van der Waals surface area contributed by atoms with Gasteiger partial charge in [0.25, 0.3) is 0 Å². The number of halogens is 3. The number of carbonyl (C=O) groups excluding carboxylic acids is 1. The van der Waals surface area contributed by atoms with Crippen molar-refractivity contribution in [2.24, 2.45) is 0 Å². The van der Waals surface area contributed by atoms with E-state index in [-0.39, 0.29) is 11.9 Å². The molecule has 24 heavy (non-hydrogen) atoms. The number of likely N-dealkylation sites (tertiary alicyclic amines) is 1. The molecule has 8 heteroatoms. The summed E-state index contributed by atoms with van der Waals surface area (Å²) < 4.78 is 37.4. The molecule has 2 amide bonds. The molecular weight excluding hydrogens is 321 g/mol. The summed E-state index contributed by atoms with van der Waals surface area (Å²) in [6.45, 7) is 0.583. The van der Waals surface area contributed by atoms with Crippen LogP contribution in [0.4, 0.5) is 23.8 Å². The molecule has 1 N–H and O–H groups in total. The summed E-state index contributed by atoms with van der Waals surface area (Å²) in [7, 11) is 0. The van der Waals surface area contributed by atoms with Crippen LogP contribution in [0.3, 0.4) is 0 Å². The molecule has 0 radical (unpaired) electrons. The molecule has 1 saturated heterocycles. The molecule has 1 aliphatic rings. The molecule has 0 aliphatic carbocycles. The number of rotatable bonds is 2. The van der Waals surface area contributed by atoms with Crippen LogP contribution in [-0.4, -0.2) is 27.7 Å². The third-order valence-corrected chi connectivity index (χ3v) is 3.89. The molecule has 3 rings (SSSR count). The van der Waals surface area contributed by atoms with Crippen molar-refractivity contribution in [1.29, 1.82) is 0 Å². The average Bonchev–Trinajstić information content (AvgIpc) is 3.05. The highest BCUT2D eigenvalue weighted by Crippen LogP contribution is 2.32. The number of benzene rings is 1. The average molecular weight is 336 g/mol. The molecule has 2 heterocycles. The number of alkyl halides is 3. The molecule has 1 aromatic heterocycles. The fourth-order valence-corrected chi connectivity index (χ4v) is 2.76. The predicted octanol–water partition coefficient (Wildman–Crippen LogP) is 3.86. The predicted molar refractivity (Wildman–Crippen MR) is 81.2 cm³/mol. The standard InChI is InChI=1S/C16H15F3N4O/c17-16(18,19)13-8-9-14(22-21-13)20-15(24)23-10-4-7-12(23)11-5-2-1-3-6-11/h1-3,5-6,8-9,12H,4,7,10H2,(H,20,22,24). The second-order valence-electron chi connectivity index (χ2n) is 5.49. The summed E-state index contributed by atoms with van der Waals surface area (Å²) in [4.78, 5) is 14.1. The highest BCUT2D eigenvalue weighted by Gasteiger charge is 2.33. The molecule has 1 atom stereocenters. The van der Waals surface area contributed by atoms with Gasteiger partial charge in [0.1, 0.15) is 0 Å². The van der Waals surface area contributed by atoms with Crippen LogP contribution >= 0.6 is 0 Å². The number of nitrogens with zero attached hydrogens (tertiary/aromatic N) is 3. The number of aromatic nitrogens is 2. The maximum atomic E-state index is 12.5. The number of amides is 2. The minimum atomic E-state index is -4.55. The Hall–Kier alpha value is -2.64. The molecule has 1 fully saturated rings. The van der Waals surface area contributed by atoms with Gasteiger partial charge in [-0.05, 0) is 30.5 Å². The minimum Gasteiger partial charge on any atom is -0.317 e. The first-order valence-electron chi connectivity index (χ1n) is 7.48. The van der Waals surface area contributed by atoms with Crippen LogP contribution in [0.1, 0.15) is 30.1 Å². The molecule has 0 saturated carbocycles. The third-order valence-electron chi connectivity index (χ3n) is 3.89. The Kier molecular flexibility index (Phi) is 4.37. The summed E-state index contributed by atoms with van der Waals surface area (Å²) >= 11 is 0. The smallest absolute Gasteiger partial charge is 0.317 e. The molecule has 1 unspecified atom stereocenters. The van der Waals surface area contributed by atoms with Gasteiger partial charge in [0.2, 0.25) is 0 Å². The highest BCUT2D eigenvalue weighted by atomic mass is 19.4.